The molecule has 1 aliphatic carbocycles. The molecule has 3 heteroatoms. The lowest BCUT2D eigenvalue weighted by atomic mass is 9.98. The van der Waals surface area contributed by atoms with Gasteiger partial charge in [0.1, 0.15) is 0 Å². The van der Waals surface area contributed by atoms with Gasteiger partial charge in [-0.05, 0) is 39.2 Å². The Labute approximate surface area is 98.6 Å². The van der Waals surface area contributed by atoms with Crippen molar-refractivity contribution in [1.82, 2.24) is 10.2 Å². The second-order valence-corrected chi connectivity index (χ2v) is 5.22. The van der Waals surface area contributed by atoms with Gasteiger partial charge in [0.15, 0.2) is 0 Å². The van der Waals surface area contributed by atoms with Crippen LogP contribution in [0.25, 0.3) is 0 Å². The Morgan fingerprint density at radius 1 is 1.19 bits per heavy atom. The number of piperidine rings is 1. The van der Waals surface area contributed by atoms with Crippen LogP contribution < -0.4 is 5.32 Å². The van der Waals surface area contributed by atoms with Crippen molar-refractivity contribution in [3.05, 3.63) is 0 Å². The third-order valence-electron chi connectivity index (χ3n) is 4.05. The van der Waals surface area contributed by atoms with E-state index in [-0.39, 0.29) is 0 Å². The number of nitrogens with zero attached hydrogens (tertiary/aromatic N) is 1. The van der Waals surface area contributed by atoms with E-state index in [0.717, 1.165) is 25.9 Å². The van der Waals surface area contributed by atoms with Crippen LogP contribution in [0, 0.1) is 5.92 Å². The average molecular weight is 224 g/mol. The van der Waals surface area contributed by atoms with Gasteiger partial charge in [-0.25, -0.2) is 0 Å². The molecule has 16 heavy (non-hydrogen) atoms. The van der Waals surface area contributed by atoms with Gasteiger partial charge in [-0.2, -0.15) is 0 Å². The lowest BCUT2D eigenvalue weighted by Gasteiger charge is -2.37. The Bertz CT molecular complexity index is 234. The first-order valence-electron chi connectivity index (χ1n) is 6.78. The number of nitrogens with one attached hydrogen (secondary N) is 1. The first kappa shape index (κ1) is 11.9. The summed E-state index contributed by atoms with van der Waals surface area (Å²) < 4.78 is 0. The molecule has 2 rings (SSSR count). The summed E-state index contributed by atoms with van der Waals surface area (Å²) in [6.07, 6.45) is 8.41. The summed E-state index contributed by atoms with van der Waals surface area (Å²) in [6, 6.07) is 0.451. The topological polar surface area (TPSA) is 32.3 Å². The van der Waals surface area contributed by atoms with Crippen molar-refractivity contribution in [2.45, 2.75) is 51.0 Å². The smallest absolute Gasteiger partial charge is 0.225 e. The molecule has 92 valence electrons. The van der Waals surface area contributed by atoms with Gasteiger partial charge in [0.2, 0.25) is 5.91 Å². The molecule has 0 radical (unpaired) electrons. The first-order chi connectivity index (χ1) is 7.83. The third kappa shape index (κ3) is 2.57. The Morgan fingerprint density at radius 3 is 2.56 bits per heavy atom. The number of hydrogen-bond acceptors (Lipinski definition) is 2. The summed E-state index contributed by atoms with van der Waals surface area (Å²) in [6.45, 7) is 1.94. The van der Waals surface area contributed by atoms with Crippen LogP contribution >= 0.6 is 0 Å². The highest BCUT2D eigenvalue weighted by Crippen LogP contribution is 2.29. The van der Waals surface area contributed by atoms with Crippen molar-refractivity contribution in [3.8, 4) is 0 Å². The highest BCUT2D eigenvalue weighted by Gasteiger charge is 2.32. The molecule has 1 unspecified atom stereocenters. The molecule has 0 aromatic rings. The van der Waals surface area contributed by atoms with Crippen molar-refractivity contribution in [3.63, 3.8) is 0 Å². The summed E-state index contributed by atoms with van der Waals surface area (Å²) in [5, 5.41) is 3.22. The van der Waals surface area contributed by atoms with Gasteiger partial charge >= 0.3 is 0 Å². The van der Waals surface area contributed by atoms with E-state index in [1.165, 1.54) is 32.1 Å². The van der Waals surface area contributed by atoms with Crippen LogP contribution in [0.15, 0.2) is 0 Å². The maximum Gasteiger partial charge on any atom is 0.225 e. The molecule has 1 heterocycles. The summed E-state index contributed by atoms with van der Waals surface area (Å²) in [7, 11) is 1.98. The molecular formula is C13H24N2O. The van der Waals surface area contributed by atoms with E-state index in [1.807, 2.05) is 7.05 Å². The molecular weight excluding hydrogens is 200 g/mol. The molecule has 0 spiro atoms. The van der Waals surface area contributed by atoms with Crippen LogP contribution in [-0.2, 0) is 4.79 Å². The molecule has 1 atom stereocenters. The zero-order valence-electron chi connectivity index (χ0n) is 10.4. The number of likely N-dealkylation sites (N-methyl/N-ethyl adjacent to an activating group) is 1. The Morgan fingerprint density at radius 2 is 1.88 bits per heavy atom. The van der Waals surface area contributed by atoms with Crippen molar-refractivity contribution in [2.24, 2.45) is 5.92 Å². The van der Waals surface area contributed by atoms with Crippen LogP contribution in [-0.4, -0.2) is 37.0 Å². The van der Waals surface area contributed by atoms with Crippen LogP contribution in [0.5, 0.6) is 0 Å². The average Bonchev–Trinajstić information content (AvgIpc) is 2.83. The van der Waals surface area contributed by atoms with E-state index >= 15 is 0 Å². The number of rotatable bonds is 3. The highest BCUT2D eigenvalue weighted by atomic mass is 16.2. The van der Waals surface area contributed by atoms with Gasteiger partial charge in [0, 0.05) is 25.0 Å². The van der Waals surface area contributed by atoms with Gasteiger partial charge in [0.25, 0.3) is 0 Å². The van der Waals surface area contributed by atoms with Crippen LogP contribution in [0.2, 0.25) is 0 Å². The van der Waals surface area contributed by atoms with Crippen molar-refractivity contribution in [2.75, 3.05) is 20.1 Å². The molecule has 2 fully saturated rings. The lowest BCUT2D eigenvalue weighted by molar-refractivity contribution is -0.139. The Balaban J connectivity index is 1.95. The minimum atomic E-state index is 0.345. The Hall–Kier alpha value is -0.570. The van der Waals surface area contributed by atoms with Gasteiger partial charge in [0.05, 0.1) is 0 Å². The van der Waals surface area contributed by atoms with Gasteiger partial charge in [-0.15, -0.1) is 0 Å². The van der Waals surface area contributed by atoms with Gasteiger partial charge in [-0.3, -0.25) is 4.79 Å². The van der Waals surface area contributed by atoms with E-state index in [0.29, 0.717) is 17.9 Å². The summed E-state index contributed by atoms with van der Waals surface area (Å²) in [5.74, 6) is 0.787. The fraction of sp³-hybridized carbons (Fsp3) is 0.923. The van der Waals surface area contributed by atoms with Crippen LogP contribution in [0.4, 0.5) is 0 Å². The lowest BCUT2D eigenvalue weighted by Crippen LogP contribution is -2.49. The first-order valence-corrected chi connectivity index (χ1v) is 6.78. The normalized spacial score (nSPS) is 27.3. The van der Waals surface area contributed by atoms with Crippen LogP contribution in [0.3, 0.4) is 0 Å². The maximum atomic E-state index is 12.4. The zero-order chi connectivity index (χ0) is 11.4. The summed E-state index contributed by atoms with van der Waals surface area (Å²) in [5.41, 5.74) is 0. The molecule has 1 amide bonds. The van der Waals surface area contributed by atoms with Crippen LogP contribution in [0.1, 0.15) is 44.9 Å². The van der Waals surface area contributed by atoms with Crippen molar-refractivity contribution >= 4 is 5.91 Å². The molecule has 2 aliphatic rings. The number of likely N-dealkylation sites (tertiary alicyclic amines) is 1. The van der Waals surface area contributed by atoms with Crippen molar-refractivity contribution < 1.29 is 4.79 Å². The summed E-state index contributed by atoms with van der Waals surface area (Å²) in [4.78, 5) is 14.5. The monoisotopic (exact) mass is 224 g/mol. The Kier molecular flexibility index (Phi) is 4.22. The molecule has 1 saturated heterocycles. The van der Waals surface area contributed by atoms with E-state index < -0.39 is 0 Å². The number of hydrogen-bond donors (Lipinski definition) is 1. The van der Waals surface area contributed by atoms with Gasteiger partial charge in [-0.1, -0.05) is 12.8 Å². The number of carbonyl (C=O) groups is 1. The van der Waals surface area contributed by atoms with E-state index in [4.69, 9.17) is 0 Å². The quantitative estimate of drug-likeness (QED) is 0.792. The predicted octanol–water partition coefficient (Wildman–Crippen LogP) is 1.78. The molecule has 1 aliphatic heterocycles. The molecule has 0 bridgehead atoms. The van der Waals surface area contributed by atoms with E-state index in [9.17, 15) is 4.79 Å². The molecule has 3 nitrogen and oxygen atoms in total. The third-order valence-corrected chi connectivity index (χ3v) is 4.05. The second kappa shape index (κ2) is 5.67. The number of amides is 1. The standard InChI is InChI=1S/C13H24N2O/c1-14-10-12-8-4-5-9-15(12)13(16)11-6-2-3-7-11/h11-12,14H,2-10H2,1H3. The largest absolute Gasteiger partial charge is 0.338 e. The van der Waals surface area contributed by atoms with Gasteiger partial charge < -0.3 is 10.2 Å². The van der Waals surface area contributed by atoms with E-state index in [1.54, 1.807) is 0 Å². The minimum Gasteiger partial charge on any atom is -0.338 e. The van der Waals surface area contributed by atoms with E-state index in [2.05, 4.69) is 10.2 Å². The molecule has 0 aromatic heterocycles. The molecule has 1 N–H and O–H groups in total. The summed E-state index contributed by atoms with van der Waals surface area (Å²) >= 11 is 0. The zero-order valence-corrected chi connectivity index (χ0v) is 10.4. The minimum absolute atomic E-state index is 0.345. The fourth-order valence-corrected chi connectivity index (χ4v) is 3.15. The predicted molar refractivity (Wildman–Crippen MR) is 65.2 cm³/mol. The maximum absolute atomic E-state index is 12.4. The van der Waals surface area contributed by atoms with Crippen molar-refractivity contribution in [1.29, 1.82) is 0 Å². The molecule has 0 aromatic carbocycles. The molecule has 1 saturated carbocycles. The number of carbonyl (C=O) groups excluding carboxylic acids is 1. The highest BCUT2D eigenvalue weighted by molar-refractivity contribution is 5.79. The second-order valence-electron chi connectivity index (χ2n) is 5.22. The fourth-order valence-electron chi connectivity index (χ4n) is 3.15. The SMILES string of the molecule is CNCC1CCCCN1C(=O)C1CCCC1.